The molecule has 6 nitrogen and oxygen atoms in total. The molecule has 0 fully saturated rings. The van der Waals surface area contributed by atoms with Crippen molar-refractivity contribution >= 4 is 21.8 Å². The maximum atomic E-state index is 12.5. The third-order valence-corrected chi connectivity index (χ3v) is 5.83. The molecule has 2 N–H and O–H groups in total. The van der Waals surface area contributed by atoms with Gasteiger partial charge in [-0.1, -0.05) is 0 Å². The molecule has 1 rings (SSSR count). The zero-order valence-corrected chi connectivity index (χ0v) is 15.1. The van der Waals surface area contributed by atoms with Crippen molar-refractivity contribution in [1.82, 2.24) is 19.8 Å². The summed E-state index contributed by atoms with van der Waals surface area (Å²) in [6.07, 6.45) is 2.87. The largest absolute Gasteiger partial charge is 0.320 e. The van der Waals surface area contributed by atoms with Gasteiger partial charge in [0.15, 0.2) is 0 Å². The van der Waals surface area contributed by atoms with Gasteiger partial charge in [0.1, 0.15) is 4.90 Å². The van der Waals surface area contributed by atoms with E-state index in [4.69, 9.17) is 0 Å². The van der Waals surface area contributed by atoms with E-state index in [1.807, 2.05) is 27.2 Å². The summed E-state index contributed by atoms with van der Waals surface area (Å²) in [6.45, 7) is 7.02. The summed E-state index contributed by atoms with van der Waals surface area (Å²) in [5, 5.41) is 7.44. The number of sulfonamides is 1. The summed E-state index contributed by atoms with van der Waals surface area (Å²) in [4.78, 5) is 0.319. The Morgan fingerprint density at radius 2 is 2.05 bits per heavy atom. The highest BCUT2D eigenvalue weighted by Gasteiger charge is 2.25. The molecule has 8 heteroatoms. The normalized spacial score (nSPS) is 13.6. The maximum Gasteiger partial charge on any atom is 0.244 e. The second-order valence-electron chi connectivity index (χ2n) is 5.16. The molecule has 122 valence electrons. The molecule has 0 saturated carbocycles. The predicted molar refractivity (Wildman–Crippen MR) is 88.4 cm³/mol. The van der Waals surface area contributed by atoms with Crippen molar-refractivity contribution in [3.05, 3.63) is 11.4 Å². The van der Waals surface area contributed by atoms with Gasteiger partial charge in [-0.2, -0.15) is 16.9 Å². The van der Waals surface area contributed by atoms with E-state index in [1.54, 1.807) is 23.4 Å². The van der Waals surface area contributed by atoms with E-state index in [1.165, 1.54) is 0 Å². The summed E-state index contributed by atoms with van der Waals surface area (Å²) < 4.78 is 29.5. The smallest absolute Gasteiger partial charge is 0.244 e. The average molecular weight is 335 g/mol. The molecule has 0 aliphatic heterocycles. The van der Waals surface area contributed by atoms with Gasteiger partial charge >= 0.3 is 0 Å². The van der Waals surface area contributed by atoms with Crippen molar-refractivity contribution in [3.8, 4) is 0 Å². The van der Waals surface area contributed by atoms with E-state index in [9.17, 15) is 8.42 Å². The average Bonchev–Trinajstić information content (AvgIpc) is 2.65. The number of hydrogen-bond acceptors (Lipinski definition) is 5. The van der Waals surface area contributed by atoms with Crippen LogP contribution in [0.15, 0.2) is 4.90 Å². The van der Waals surface area contributed by atoms with E-state index in [0.29, 0.717) is 22.8 Å². The van der Waals surface area contributed by atoms with Crippen LogP contribution in [0.4, 0.5) is 0 Å². The van der Waals surface area contributed by atoms with Gasteiger partial charge in [-0.05, 0) is 47.0 Å². The topological polar surface area (TPSA) is 76.0 Å². The highest BCUT2D eigenvalue weighted by molar-refractivity contribution is 7.98. The molecule has 1 aromatic rings. The fraction of sp³-hybridized carbons (Fsp3) is 0.769. The monoisotopic (exact) mass is 334 g/mol. The molecule has 1 aromatic heterocycles. The lowest BCUT2D eigenvalue weighted by atomic mass is 10.4. The third-order valence-electron chi connectivity index (χ3n) is 3.15. The second kappa shape index (κ2) is 8.17. The van der Waals surface area contributed by atoms with Crippen LogP contribution in [-0.2, 0) is 16.6 Å². The van der Waals surface area contributed by atoms with Crippen LogP contribution in [0.2, 0.25) is 0 Å². The molecule has 0 bridgehead atoms. The molecule has 1 atom stereocenters. The third kappa shape index (κ3) is 4.98. The minimum atomic E-state index is -3.52. The van der Waals surface area contributed by atoms with Crippen molar-refractivity contribution in [2.75, 3.05) is 25.6 Å². The number of nitrogens with one attached hydrogen (secondary N) is 2. The minimum Gasteiger partial charge on any atom is -0.320 e. The van der Waals surface area contributed by atoms with Gasteiger partial charge in [0.25, 0.3) is 0 Å². The lowest BCUT2D eigenvalue weighted by Gasteiger charge is -2.13. The van der Waals surface area contributed by atoms with Crippen molar-refractivity contribution < 1.29 is 8.42 Å². The van der Waals surface area contributed by atoms with Crippen LogP contribution < -0.4 is 10.0 Å². The Hall–Kier alpha value is -0.570. The Balaban J connectivity index is 2.96. The van der Waals surface area contributed by atoms with Gasteiger partial charge in [-0.3, -0.25) is 4.68 Å². The number of rotatable bonds is 9. The number of nitrogens with zero attached hydrogens (tertiary/aromatic N) is 2. The highest BCUT2D eigenvalue weighted by atomic mass is 32.2. The van der Waals surface area contributed by atoms with Crippen LogP contribution in [0.25, 0.3) is 0 Å². The van der Waals surface area contributed by atoms with Crippen molar-refractivity contribution in [2.45, 2.75) is 44.7 Å². The van der Waals surface area contributed by atoms with Crippen LogP contribution in [0.3, 0.4) is 0 Å². The summed E-state index contributed by atoms with van der Waals surface area (Å²) in [6, 6.07) is -0.101. The summed E-state index contributed by atoms with van der Waals surface area (Å²) in [7, 11) is -1.62. The molecule has 0 aliphatic rings. The van der Waals surface area contributed by atoms with E-state index in [-0.39, 0.29) is 6.04 Å². The lowest BCUT2D eigenvalue weighted by molar-refractivity contribution is 0.545. The van der Waals surface area contributed by atoms with E-state index >= 15 is 0 Å². The number of hydrogen-bond donors (Lipinski definition) is 2. The second-order valence-corrected chi connectivity index (χ2v) is 7.72. The molecule has 0 amide bonds. The first kappa shape index (κ1) is 18.5. The molecule has 0 aromatic carbocycles. The first-order valence-electron chi connectivity index (χ1n) is 7.03. The molecule has 0 saturated heterocycles. The fourth-order valence-electron chi connectivity index (χ4n) is 2.30. The summed E-state index contributed by atoms with van der Waals surface area (Å²) >= 11 is 1.62. The van der Waals surface area contributed by atoms with Gasteiger partial charge in [0.05, 0.1) is 11.4 Å². The Bertz CT molecular complexity index is 555. The Kier molecular flexibility index (Phi) is 7.19. The molecule has 0 spiro atoms. The molecular weight excluding hydrogens is 308 g/mol. The first-order chi connectivity index (χ1) is 9.83. The fourth-order valence-corrected chi connectivity index (χ4v) is 4.64. The quantitative estimate of drug-likeness (QED) is 0.662. The summed E-state index contributed by atoms with van der Waals surface area (Å²) in [5.74, 6) is 0.744. The first-order valence-corrected chi connectivity index (χ1v) is 9.91. The van der Waals surface area contributed by atoms with Crippen molar-refractivity contribution in [3.63, 3.8) is 0 Å². The van der Waals surface area contributed by atoms with E-state index in [2.05, 4.69) is 15.1 Å². The van der Waals surface area contributed by atoms with Gasteiger partial charge in [-0.25, -0.2) is 13.1 Å². The molecule has 1 heterocycles. The molecule has 0 radical (unpaired) electrons. The van der Waals surface area contributed by atoms with Crippen LogP contribution in [0.1, 0.15) is 24.7 Å². The Labute approximate surface area is 132 Å². The van der Waals surface area contributed by atoms with Gasteiger partial charge in [0.2, 0.25) is 10.0 Å². The zero-order valence-electron chi connectivity index (χ0n) is 13.4. The minimum absolute atomic E-state index is 0.101. The number of thioether (sulfide) groups is 1. The maximum absolute atomic E-state index is 12.5. The molecular formula is C13H26N4O2S2. The van der Waals surface area contributed by atoms with Crippen LogP contribution in [0, 0.1) is 13.8 Å². The van der Waals surface area contributed by atoms with Crippen LogP contribution in [-0.4, -0.2) is 49.8 Å². The predicted octanol–water partition coefficient (Wildman–Crippen LogP) is 1.14. The standard InChI is InChI=1S/C13H26N4O2S2/c1-10(9-20-5)16-21(18,19)13-11(2)15-17(12(13)3)8-6-7-14-4/h10,14,16H,6-9H2,1-5H3. The molecule has 21 heavy (non-hydrogen) atoms. The zero-order chi connectivity index (χ0) is 16.0. The van der Waals surface area contributed by atoms with Gasteiger partial charge in [0, 0.05) is 18.3 Å². The Morgan fingerprint density at radius 1 is 1.38 bits per heavy atom. The molecule has 0 aliphatic carbocycles. The van der Waals surface area contributed by atoms with E-state index in [0.717, 1.165) is 18.7 Å². The van der Waals surface area contributed by atoms with Gasteiger partial charge in [-0.15, -0.1) is 0 Å². The lowest BCUT2D eigenvalue weighted by Crippen LogP contribution is -2.34. The highest BCUT2D eigenvalue weighted by Crippen LogP contribution is 2.20. The van der Waals surface area contributed by atoms with Crippen LogP contribution >= 0.6 is 11.8 Å². The molecule has 1 unspecified atom stereocenters. The van der Waals surface area contributed by atoms with Crippen LogP contribution in [0.5, 0.6) is 0 Å². The van der Waals surface area contributed by atoms with E-state index < -0.39 is 10.0 Å². The van der Waals surface area contributed by atoms with Crippen molar-refractivity contribution in [2.24, 2.45) is 0 Å². The van der Waals surface area contributed by atoms with Gasteiger partial charge < -0.3 is 5.32 Å². The SMILES string of the molecule is CNCCCn1nc(C)c(S(=O)(=O)NC(C)CSC)c1C. The Morgan fingerprint density at radius 3 is 2.62 bits per heavy atom. The van der Waals surface area contributed by atoms with Crippen molar-refractivity contribution in [1.29, 1.82) is 0 Å². The number of aryl methyl sites for hydroxylation is 2. The summed E-state index contributed by atoms with van der Waals surface area (Å²) in [5.41, 5.74) is 1.26. The number of aromatic nitrogens is 2.